The average molecular weight is 342 g/mol. The zero-order chi connectivity index (χ0) is 17.8. The second-order valence-corrected chi connectivity index (χ2v) is 6.28. The maximum absolute atomic E-state index is 12.2. The van der Waals surface area contributed by atoms with Crippen LogP contribution in [-0.2, 0) is 11.4 Å². The molecular formula is C19H22N2O4. The third kappa shape index (κ3) is 4.21. The van der Waals surface area contributed by atoms with Crippen LogP contribution in [0.3, 0.4) is 0 Å². The van der Waals surface area contributed by atoms with Crippen molar-refractivity contribution in [3.05, 3.63) is 53.0 Å². The minimum atomic E-state index is -0.499. The quantitative estimate of drug-likeness (QED) is 0.875. The summed E-state index contributed by atoms with van der Waals surface area (Å²) in [4.78, 5) is 23.9. The van der Waals surface area contributed by atoms with Gasteiger partial charge in [-0.1, -0.05) is 17.7 Å². The number of carbonyl (C=O) groups is 2. The van der Waals surface area contributed by atoms with Gasteiger partial charge in [-0.3, -0.25) is 9.59 Å². The van der Waals surface area contributed by atoms with E-state index in [0.717, 1.165) is 17.7 Å². The topological polar surface area (TPSA) is 80.6 Å². The van der Waals surface area contributed by atoms with Gasteiger partial charge in [0.05, 0.1) is 0 Å². The highest BCUT2D eigenvalue weighted by Gasteiger charge is 2.25. The number of amides is 2. The van der Waals surface area contributed by atoms with Gasteiger partial charge < -0.3 is 19.8 Å². The maximum Gasteiger partial charge on any atom is 0.287 e. The van der Waals surface area contributed by atoms with Crippen LogP contribution in [0.2, 0.25) is 0 Å². The fourth-order valence-corrected chi connectivity index (χ4v) is 2.83. The summed E-state index contributed by atoms with van der Waals surface area (Å²) in [6, 6.07) is 8.75. The number of rotatable bonds is 5. The number of piperidine rings is 1. The van der Waals surface area contributed by atoms with Gasteiger partial charge in [0.15, 0.2) is 5.76 Å². The number of hydrogen-bond donors (Lipinski definition) is 2. The predicted octanol–water partition coefficient (Wildman–Crippen LogP) is 2.48. The fourth-order valence-electron chi connectivity index (χ4n) is 2.83. The number of carbonyl (C=O) groups excluding carboxylic acids is 2. The van der Waals surface area contributed by atoms with E-state index in [2.05, 4.69) is 10.6 Å². The Labute approximate surface area is 146 Å². The van der Waals surface area contributed by atoms with Crippen LogP contribution in [-0.4, -0.2) is 24.4 Å². The number of ether oxygens (including phenoxy) is 1. The zero-order valence-corrected chi connectivity index (χ0v) is 14.4. The zero-order valence-electron chi connectivity index (χ0n) is 14.4. The molecule has 3 rings (SSSR count). The Morgan fingerprint density at radius 2 is 2.16 bits per heavy atom. The Morgan fingerprint density at radius 3 is 2.92 bits per heavy atom. The first-order valence-corrected chi connectivity index (χ1v) is 8.40. The molecule has 0 bridgehead atoms. The largest absolute Gasteiger partial charge is 0.485 e. The molecule has 1 aromatic carbocycles. The molecule has 0 aliphatic carbocycles. The lowest BCUT2D eigenvalue weighted by molar-refractivity contribution is -0.124. The summed E-state index contributed by atoms with van der Waals surface area (Å²) in [6.45, 7) is 4.91. The summed E-state index contributed by atoms with van der Waals surface area (Å²) >= 11 is 0. The van der Waals surface area contributed by atoms with Gasteiger partial charge in [0.2, 0.25) is 5.91 Å². The van der Waals surface area contributed by atoms with E-state index >= 15 is 0 Å². The normalized spacial score (nSPS) is 17.0. The predicted molar refractivity (Wildman–Crippen MR) is 92.5 cm³/mol. The molecule has 1 saturated heterocycles. The van der Waals surface area contributed by atoms with E-state index in [-0.39, 0.29) is 24.2 Å². The van der Waals surface area contributed by atoms with E-state index in [1.54, 1.807) is 12.1 Å². The molecule has 0 spiro atoms. The van der Waals surface area contributed by atoms with E-state index in [4.69, 9.17) is 9.15 Å². The molecule has 1 aromatic heterocycles. The molecule has 25 heavy (non-hydrogen) atoms. The summed E-state index contributed by atoms with van der Waals surface area (Å²) < 4.78 is 11.3. The molecule has 0 unspecified atom stereocenters. The summed E-state index contributed by atoms with van der Waals surface area (Å²) in [5, 5.41) is 5.44. The Bertz CT molecular complexity index is 781. The van der Waals surface area contributed by atoms with Crippen LogP contribution in [0.4, 0.5) is 0 Å². The van der Waals surface area contributed by atoms with Gasteiger partial charge in [0.1, 0.15) is 24.2 Å². The Balaban J connectivity index is 1.58. The van der Waals surface area contributed by atoms with Gasteiger partial charge >= 0.3 is 0 Å². The van der Waals surface area contributed by atoms with Crippen LogP contribution in [0, 0.1) is 13.8 Å². The second kappa shape index (κ2) is 7.42. The van der Waals surface area contributed by atoms with Crippen molar-refractivity contribution in [1.82, 2.24) is 10.6 Å². The molecule has 2 aromatic rings. The lowest BCUT2D eigenvalue weighted by atomic mass is 10.1. The highest BCUT2D eigenvalue weighted by Crippen LogP contribution is 2.20. The molecule has 6 heteroatoms. The van der Waals surface area contributed by atoms with Crippen LogP contribution in [0.25, 0.3) is 0 Å². The minimum absolute atomic E-state index is 0.149. The van der Waals surface area contributed by atoms with Gasteiger partial charge in [-0.15, -0.1) is 0 Å². The maximum atomic E-state index is 12.2. The molecule has 132 valence electrons. The van der Waals surface area contributed by atoms with Crippen molar-refractivity contribution < 1.29 is 18.7 Å². The summed E-state index contributed by atoms with van der Waals surface area (Å²) in [6.07, 6.45) is 1.49. The van der Waals surface area contributed by atoms with Gasteiger partial charge in [-0.05, 0) is 50.5 Å². The molecule has 1 aliphatic rings. The van der Waals surface area contributed by atoms with Crippen LogP contribution in [0.1, 0.15) is 40.3 Å². The van der Waals surface area contributed by atoms with E-state index in [0.29, 0.717) is 18.7 Å². The van der Waals surface area contributed by atoms with Crippen molar-refractivity contribution in [3.8, 4) is 5.75 Å². The van der Waals surface area contributed by atoms with Crippen LogP contribution >= 0.6 is 0 Å². The molecule has 2 N–H and O–H groups in total. The number of aryl methyl sites for hydroxylation is 2. The summed E-state index contributed by atoms with van der Waals surface area (Å²) in [5.41, 5.74) is 2.22. The highest BCUT2D eigenvalue weighted by molar-refractivity contribution is 5.95. The average Bonchev–Trinajstić information content (AvgIpc) is 3.05. The molecule has 1 fully saturated rings. The Hall–Kier alpha value is -2.76. The summed E-state index contributed by atoms with van der Waals surface area (Å²) in [7, 11) is 0. The summed E-state index contributed by atoms with van der Waals surface area (Å²) in [5.74, 6) is 0.979. The van der Waals surface area contributed by atoms with Crippen LogP contribution in [0.15, 0.2) is 34.7 Å². The Kier molecular flexibility index (Phi) is 5.07. The number of hydrogen-bond acceptors (Lipinski definition) is 4. The smallest absolute Gasteiger partial charge is 0.287 e. The van der Waals surface area contributed by atoms with Crippen molar-refractivity contribution in [1.29, 1.82) is 0 Å². The second-order valence-electron chi connectivity index (χ2n) is 6.28. The third-order valence-electron chi connectivity index (χ3n) is 4.18. The van der Waals surface area contributed by atoms with E-state index in [9.17, 15) is 9.59 Å². The molecule has 1 aliphatic heterocycles. The number of furan rings is 1. The van der Waals surface area contributed by atoms with Gasteiger partial charge in [-0.25, -0.2) is 0 Å². The SMILES string of the molecule is Cc1ccc(OCc2ccc(C(=O)N[C@H]3CCCNC3=O)o2)c(C)c1. The van der Waals surface area contributed by atoms with E-state index in [1.807, 2.05) is 32.0 Å². The first kappa shape index (κ1) is 17.1. The molecule has 1 atom stereocenters. The monoisotopic (exact) mass is 342 g/mol. The van der Waals surface area contributed by atoms with Gasteiger partial charge in [0, 0.05) is 6.54 Å². The molecule has 2 amide bonds. The molecule has 2 heterocycles. The first-order chi connectivity index (χ1) is 12.0. The van der Waals surface area contributed by atoms with Crippen molar-refractivity contribution >= 4 is 11.8 Å². The van der Waals surface area contributed by atoms with E-state index < -0.39 is 6.04 Å². The van der Waals surface area contributed by atoms with Crippen LogP contribution < -0.4 is 15.4 Å². The minimum Gasteiger partial charge on any atom is -0.485 e. The molecule has 0 saturated carbocycles. The third-order valence-corrected chi connectivity index (χ3v) is 4.18. The van der Waals surface area contributed by atoms with E-state index in [1.165, 1.54) is 5.56 Å². The molecular weight excluding hydrogens is 320 g/mol. The lowest BCUT2D eigenvalue weighted by Gasteiger charge is -2.22. The fraction of sp³-hybridized carbons (Fsp3) is 0.368. The molecule has 6 nitrogen and oxygen atoms in total. The van der Waals surface area contributed by atoms with Crippen molar-refractivity contribution in [3.63, 3.8) is 0 Å². The van der Waals surface area contributed by atoms with Crippen molar-refractivity contribution in [2.45, 2.75) is 39.3 Å². The Morgan fingerprint density at radius 1 is 1.32 bits per heavy atom. The lowest BCUT2D eigenvalue weighted by Crippen LogP contribution is -2.50. The van der Waals surface area contributed by atoms with Gasteiger partial charge in [-0.2, -0.15) is 0 Å². The first-order valence-electron chi connectivity index (χ1n) is 8.40. The van der Waals surface area contributed by atoms with Gasteiger partial charge in [0.25, 0.3) is 5.91 Å². The van der Waals surface area contributed by atoms with Crippen molar-refractivity contribution in [2.75, 3.05) is 6.54 Å². The van der Waals surface area contributed by atoms with Crippen molar-refractivity contribution in [2.24, 2.45) is 0 Å². The number of benzene rings is 1. The highest BCUT2D eigenvalue weighted by atomic mass is 16.5. The number of nitrogens with one attached hydrogen (secondary N) is 2. The standard InChI is InChI=1S/C19H22N2O4/c1-12-5-7-16(13(2)10-12)24-11-14-6-8-17(25-14)19(23)21-15-4-3-9-20-18(15)22/h5-8,10,15H,3-4,9,11H2,1-2H3,(H,20,22)(H,21,23)/t15-/m0/s1. The molecule has 0 radical (unpaired) electrons. The van der Waals surface area contributed by atoms with Crippen LogP contribution in [0.5, 0.6) is 5.75 Å².